The summed E-state index contributed by atoms with van der Waals surface area (Å²) in [6, 6.07) is -0.247. The Kier molecular flexibility index (Phi) is 6.35. The average molecular weight is 255 g/mol. The minimum absolute atomic E-state index is 0.215. The van der Waals surface area contributed by atoms with Gasteiger partial charge in [-0.2, -0.15) is 4.98 Å². The minimum Gasteiger partial charge on any atom is -0.468 e. The molecule has 0 aliphatic rings. The number of hydrogen-bond acceptors (Lipinski definition) is 6. The Morgan fingerprint density at radius 1 is 1.56 bits per heavy atom. The summed E-state index contributed by atoms with van der Waals surface area (Å²) >= 11 is 0. The highest BCUT2D eigenvalue weighted by molar-refractivity contribution is 5.75. The van der Waals surface area contributed by atoms with Crippen LogP contribution < -0.4 is 5.32 Å². The number of methoxy groups -OCH3 is 1. The molecule has 1 rings (SSSR count). The van der Waals surface area contributed by atoms with Gasteiger partial charge in [0, 0.05) is 19.9 Å². The van der Waals surface area contributed by atoms with E-state index in [4.69, 9.17) is 9.26 Å². The second-order valence-corrected chi connectivity index (χ2v) is 4.15. The zero-order chi connectivity index (χ0) is 13.4. The van der Waals surface area contributed by atoms with Crippen molar-refractivity contribution in [2.45, 2.75) is 45.6 Å². The van der Waals surface area contributed by atoms with Gasteiger partial charge in [-0.05, 0) is 6.42 Å². The van der Waals surface area contributed by atoms with Crippen molar-refractivity contribution >= 4 is 5.97 Å². The Balaban J connectivity index is 2.34. The van der Waals surface area contributed by atoms with Gasteiger partial charge in [0.15, 0.2) is 5.82 Å². The highest BCUT2D eigenvalue weighted by Gasteiger charge is 2.17. The van der Waals surface area contributed by atoms with E-state index in [0.717, 1.165) is 19.3 Å². The van der Waals surface area contributed by atoms with Crippen LogP contribution in [-0.2, 0) is 16.0 Å². The van der Waals surface area contributed by atoms with Gasteiger partial charge in [-0.1, -0.05) is 24.9 Å². The number of esters is 1. The fraction of sp³-hybridized carbons (Fsp3) is 0.750. The lowest BCUT2D eigenvalue weighted by Crippen LogP contribution is -2.38. The number of aryl methyl sites for hydroxylation is 1. The molecule has 102 valence electrons. The first-order valence-corrected chi connectivity index (χ1v) is 6.27. The van der Waals surface area contributed by atoms with Crippen molar-refractivity contribution in [2.75, 3.05) is 13.7 Å². The van der Waals surface area contributed by atoms with Crippen LogP contribution in [0.2, 0.25) is 0 Å². The van der Waals surface area contributed by atoms with E-state index in [9.17, 15) is 4.79 Å². The lowest BCUT2D eigenvalue weighted by molar-refractivity contribution is -0.143. The van der Waals surface area contributed by atoms with Gasteiger partial charge in [0.1, 0.15) is 6.04 Å². The summed E-state index contributed by atoms with van der Waals surface area (Å²) in [5.41, 5.74) is 0. The Labute approximate surface area is 107 Å². The quantitative estimate of drug-likeness (QED) is 0.704. The topological polar surface area (TPSA) is 77.3 Å². The number of hydrogen-bond donors (Lipinski definition) is 1. The van der Waals surface area contributed by atoms with Gasteiger partial charge in [0.2, 0.25) is 5.89 Å². The lowest BCUT2D eigenvalue weighted by Gasteiger charge is -2.15. The molecule has 6 heteroatoms. The summed E-state index contributed by atoms with van der Waals surface area (Å²) in [6.45, 7) is 4.47. The third kappa shape index (κ3) is 4.83. The third-order valence-electron chi connectivity index (χ3n) is 2.64. The molecule has 1 aromatic rings. The van der Waals surface area contributed by atoms with Crippen LogP contribution in [0.1, 0.15) is 37.9 Å². The molecule has 0 radical (unpaired) electrons. The maximum atomic E-state index is 11.5. The maximum Gasteiger partial charge on any atom is 0.322 e. The van der Waals surface area contributed by atoms with E-state index < -0.39 is 0 Å². The van der Waals surface area contributed by atoms with E-state index in [2.05, 4.69) is 22.4 Å². The van der Waals surface area contributed by atoms with Crippen molar-refractivity contribution in [1.82, 2.24) is 15.5 Å². The summed E-state index contributed by atoms with van der Waals surface area (Å²) < 4.78 is 9.64. The Bertz CT molecular complexity index is 365. The SMILES string of the molecule is CCCCC(NCCc1noc(C)n1)C(=O)OC. The molecular formula is C12H21N3O3. The van der Waals surface area contributed by atoms with Crippen molar-refractivity contribution < 1.29 is 14.1 Å². The number of unbranched alkanes of at least 4 members (excludes halogenated alkanes) is 1. The number of nitrogens with one attached hydrogen (secondary N) is 1. The molecule has 0 saturated carbocycles. The molecule has 1 N–H and O–H groups in total. The molecule has 0 aromatic carbocycles. The maximum absolute atomic E-state index is 11.5. The first-order valence-electron chi connectivity index (χ1n) is 6.27. The molecular weight excluding hydrogens is 234 g/mol. The first kappa shape index (κ1) is 14.6. The number of ether oxygens (including phenoxy) is 1. The van der Waals surface area contributed by atoms with Gasteiger partial charge in [-0.3, -0.25) is 4.79 Å². The third-order valence-corrected chi connectivity index (χ3v) is 2.64. The molecule has 0 amide bonds. The van der Waals surface area contributed by atoms with Crippen LogP contribution in [0.3, 0.4) is 0 Å². The zero-order valence-electron chi connectivity index (χ0n) is 11.2. The number of rotatable bonds is 8. The predicted molar refractivity (Wildman–Crippen MR) is 66.1 cm³/mol. The van der Waals surface area contributed by atoms with Gasteiger partial charge in [0.05, 0.1) is 7.11 Å². The highest BCUT2D eigenvalue weighted by atomic mass is 16.5. The van der Waals surface area contributed by atoms with Crippen LogP contribution >= 0.6 is 0 Å². The van der Waals surface area contributed by atoms with Crippen molar-refractivity contribution in [3.63, 3.8) is 0 Å². The van der Waals surface area contributed by atoms with Crippen LogP contribution in [-0.4, -0.2) is 35.8 Å². The number of carbonyl (C=O) groups excluding carboxylic acids is 1. The Hall–Kier alpha value is -1.43. The largest absolute Gasteiger partial charge is 0.468 e. The van der Waals surface area contributed by atoms with Crippen molar-refractivity contribution in [3.05, 3.63) is 11.7 Å². The summed E-state index contributed by atoms with van der Waals surface area (Å²) in [5.74, 6) is 0.993. The van der Waals surface area contributed by atoms with E-state index >= 15 is 0 Å². The number of carbonyl (C=O) groups is 1. The number of aromatic nitrogens is 2. The van der Waals surface area contributed by atoms with Crippen molar-refractivity contribution in [1.29, 1.82) is 0 Å². The summed E-state index contributed by atoms with van der Waals surface area (Å²) in [7, 11) is 1.41. The highest BCUT2D eigenvalue weighted by Crippen LogP contribution is 2.03. The monoisotopic (exact) mass is 255 g/mol. The number of nitrogens with zero attached hydrogens (tertiary/aromatic N) is 2. The Morgan fingerprint density at radius 2 is 2.33 bits per heavy atom. The van der Waals surface area contributed by atoms with Gasteiger partial charge in [0.25, 0.3) is 0 Å². The molecule has 0 spiro atoms. The van der Waals surface area contributed by atoms with Crippen LogP contribution in [0.15, 0.2) is 4.52 Å². The molecule has 1 unspecified atom stereocenters. The van der Waals surface area contributed by atoms with Crippen molar-refractivity contribution in [3.8, 4) is 0 Å². The summed E-state index contributed by atoms with van der Waals surface area (Å²) in [6.07, 6.45) is 3.47. The lowest BCUT2D eigenvalue weighted by atomic mass is 10.1. The zero-order valence-corrected chi connectivity index (χ0v) is 11.2. The second kappa shape index (κ2) is 7.81. The van der Waals surface area contributed by atoms with Gasteiger partial charge >= 0.3 is 5.97 Å². The molecule has 0 saturated heterocycles. The molecule has 0 aliphatic heterocycles. The predicted octanol–water partition coefficient (Wildman–Crippen LogP) is 1.24. The van der Waals surface area contributed by atoms with Crippen molar-refractivity contribution in [2.24, 2.45) is 0 Å². The normalized spacial score (nSPS) is 12.4. The van der Waals surface area contributed by atoms with Crippen LogP contribution in [0.4, 0.5) is 0 Å². The van der Waals surface area contributed by atoms with Crippen LogP contribution in [0.5, 0.6) is 0 Å². The van der Waals surface area contributed by atoms with Gasteiger partial charge < -0.3 is 14.6 Å². The van der Waals surface area contributed by atoms with E-state index in [1.807, 2.05) is 0 Å². The molecule has 0 aliphatic carbocycles. The first-order chi connectivity index (χ1) is 8.67. The smallest absolute Gasteiger partial charge is 0.322 e. The Morgan fingerprint density at radius 3 is 2.89 bits per heavy atom. The molecule has 6 nitrogen and oxygen atoms in total. The molecule has 1 aromatic heterocycles. The standard InChI is InChI=1S/C12H21N3O3/c1-4-5-6-10(12(16)17-3)13-8-7-11-14-9(2)18-15-11/h10,13H,4-8H2,1-3H3. The van der Waals surface area contributed by atoms with Gasteiger partial charge in [-0.25, -0.2) is 0 Å². The van der Waals surface area contributed by atoms with E-state index in [1.54, 1.807) is 6.92 Å². The van der Waals surface area contributed by atoms with Gasteiger partial charge in [-0.15, -0.1) is 0 Å². The molecule has 18 heavy (non-hydrogen) atoms. The molecule has 1 atom stereocenters. The molecule has 1 heterocycles. The minimum atomic E-state index is -0.247. The average Bonchev–Trinajstić information content (AvgIpc) is 2.78. The van der Waals surface area contributed by atoms with E-state index in [0.29, 0.717) is 24.7 Å². The van der Waals surface area contributed by atoms with Crippen LogP contribution in [0, 0.1) is 6.92 Å². The molecule has 0 fully saturated rings. The summed E-state index contributed by atoms with van der Waals surface area (Å²) in [4.78, 5) is 15.6. The molecule has 0 bridgehead atoms. The fourth-order valence-electron chi connectivity index (χ4n) is 1.65. The van der Waals surface area contributed by atoms with Crippen LogP contribution in [0.25, 0.3) is 0 Å². The fourth-order valence-corrected chi connectivity index (χ4v) is 1.65. The second-order valence-electron chi connectivity index (χ2n) is 4.15. The van der Waals surface area contributed by atoms with E-state index in [1.165, 1.54) is 7.11 Å². The summed E-state index contributed by atoms with van der Waals surface area (Å²) in [5, 5.41) is 6.96. The van der Waals surface area contributed by atoms with E-state index in [-0.39, 0.29) is 12.0 Å².